The van der Waals surface area contributed by atoms with Gasteiger partial charge in [-0.25, -0.2) is 0 Å². The second kappa shape index (κ2) is 6.00. The first-order valence-corrected chi connectivity index (χ1v) is 5.06. The molecule has 1 aromatic rings. The lowest BCUT2D eigenvalue weighted by Gasteiger charge is -2.06. The van der Waals surface area contributed by atoms with Gasteiger partial charge in [-0.2, -0.15) is 0 Å². The van der Waals surface area contributed by atoms with Crippen LogP contribution in [-0.4, -0.2) is 34.0 Å². The van der Waals surface area contributed by atoms with Crippen molar-refractivity contribution in [2.45, 2.75) is 20.4 Å². The van der Waals surface area contributed by atoms with E-state index in [4.69, 9.17) is 5.73 Å². The zero-order chi connectivity index (χ0) is 11.1. The molecule has 0 atom stereocenters. The van der Waals surface area contributed by atoms with Crippen LogP contribution in [0, 0.1) is 5.92 Å². The highest BCUT2D eigenvalue weighted by molar-refractivity contribution is 5.77. The molecule has 0 spiro atoms. The number of nitrogens with two attached hydrogens (primary N) is 1. The fourth-order valence-corrected chi connectivity index (χ4v) is 0.987. The number of rotatable bonds is 5. The monoisotopic (exact) mass is 210 g/mol. The largest absolute Gasteiger partial charge is 0.370 e. The van der Waals surface area contributed by atoms with Crippen molar-refractivity contribution in [1.29, 1.82) is 0 Å². The van der Waals surface area contributed by atoms with Gasteiger partial charge in [0.15, 0.2) is 5.96 Å². The molecule has 6 nitrogen and oxygen atoms in total. The van der Waals surface area contributed by atoms with Crippen LogP contribution in [0.3, 0.4) is 0 Å². The van der Waals surface area contributed by atoms with Gasteiger partial charge in [-0.05, 0) is 5.92 Å². The van der Waals surface area contributed by atoms with Crippen molar-refractivity contribution in [3.05, 3.63) is 12.4 Å². The molecule has 0 aromatic carbocycles. The molecule has 1 rings (SSSR count). The third-order valence-electron chi connectivity index (χ3n) is 1.75. The Kier molecular flexibility index (Phi) is 4.59. The van der Waals surface area contributed by atoms with Crippen LogP contribution < -0.4 is 11.1 Å². The molecule has 1 heterocycles. The molecular formula is C9H18N6. The Hall–Kier alpha value is -1.59. The Morgan fingerprint density at radius 2 is 2.40 bits per heavy atom. The average molecular weight is 210 g/mol. The van der Waals surface area contributed by atoms with E-state index in [0.29, 0.717) is 18.4 Å². The molecule has 0 aliphatic heterocycles. The molecule has 0 aliphatic rings. The predicted octanol–water partition coefficient (Wildman–Crippen LogP) is -0.162. The Balaban J connectivity index is 2.17. The minimum atomic E-state index is 0.490. The topological polar surface area (TPSA) is 81.1 Å². The Labute approximate surface area is 89.6 Å². The summed E-state index contributed by atoms with van der Waals surface area (Å²) in [4.78, 5) is 4.18. The number of hydrogen-bond acceptors (Lipinski definition) is 3. The molecule has 6 heteroatoms. The second-order valence-electron chi connectivity index (χ2n) is 3.71. The van der Waals surface area contributed by atoms with Crippen LogP contribution in [0.25, 0.3) is 0 Å². The van der Waals surface area contributed by atoms with E-state index in [-0.39, 0.29) is 0 Å². The van der Waals surface area contributed by atoms with Gasteiger partial charge in [0.1, 0.15) is 0 Å². The van der Waals surface area contributed by atoms with Crippen molar-refractivity contribution in [1.82, 2.24) is 20.3 Å². The predicted molar refractivity (Wildman–Crippen MR) is 59.4 cm³/mol. The lowest BCUT2D eigenvalue weighted by molar-refractivity contribution is 0.578. The Morgan fingerprint density at radius 3 is 3.00 bits per heavy atom. The lowest BCUT2D eigenvalue weighted by Crippen LogP contribution is -2.34. The molecule has 84 valence electrons. The van der Waals surface area contributed by atoms with Gasteiger partial charge in [-0.3, -0.25) is 9.67 Å². The molecule has 0 saturated heterocycles. The molecule has 0 amide bonds. The van der Waals surface area contributed by atoms with Crippen LogP contribution >= 0.6 is 0 Å². The van der Waals surface area contributed by atoms with Gasteiger partial charge in [0.2, 0.25) is 0 Å². The Morgan fingerprint density at radius 1 is 1.60 bits per heavy atom. The standard InChI is InChI=1S/C9H18N6/c1-8(2)7-12-9(10)11-3-5-15-6-4-13-14-15/h4,6,8H,3,5,7H2,1-2H3,(H3,10,11,12). The fraction of sp³-hybridized carbons (Fsp3) is 0.667. The number of nitrogens with one attached hydrogen (secondary N) is 1. The number of aliphatic imine (C=N–C) groups is 1. The van der Waals surface area contributed by atoms with Gasteiger partial charge in [-0.1, -0.05) is 19.1 Å². The number of nitrogens with zero attached hydrogens (tertiary/aromatic N) is 4. The number of guanidine groups is 1. The molecule has 0 aliphatic carbocycles. The minimum absolute atomic E-state index is 0.490. The zero-order valence-electron chi connectivity index (χ0n) is 9.22. The molecule has 1 aromatic heterocycles. The summed E-state index contributed by atoms with van der Waals surface area (Å²) in [5.41, 5.74) is 5.66. The molecule has 3 N–H and O–H groups in total. The van der Waals surface area contributed by atoms with Crippen molar-refractivity contribution in [2.24, 2.45) is 16.6 Å². The number of aromatic nitrogens is 3. The van der Waals surface area contributed by atoms with Crippen molar-refractivity contribution in [3.63, 3.8) is 0 Å². The molecule has 0 saturated carbocycles. The van der Waals surface area contributed by atoms with E-state index in [2.05, 4.69) is 34.5 Å². The van der Waals surface area contributed by atoms with E-state index in [1.165, 1.54) is 0 Å². The summed E-state index contributed by atoms with van der Waals surface area (Å²) in [6, 6.07) is 0. The molecule has 0 radical (unpaired) electrons. The van der Waals surface area contributed by atoms with Gasteiger partial charge in [0.25, 0.3) is 0 Å². The van der Waals surface area contributed by atoms with Crippen LogP contribution in [0.4, 0.5) is 0 Å². The maximum atomic E-state index is 5.66. The van der Waals surface area contributed by atoms with E-state index >= 15 is 0 Å². The minimum Gasteiger partial charge on any atom is -0.370 e. The van der Waals surface area contributed by atoms with Crippen LogP contribution in [0.1, 0.15) is 13.8 Å². The van der Waals surface area contributed by atoms with Gasteiger partial charge in [0, 0.05) is 19.3 Å². The van der Waals surface area contributed by atoms with Crippen molar-refractivity contribution in [2.75, 3.05) is 13.1 Å². The maximum absolute atomic E-state index is 5.66. The number of hydrogen-bond donors (Lipinski definition) is 2. The first kappa shape index (κ1) is 11.5. The highest BCUT2D eigenvalue weighted by Gasteiger charge is 1.94. The van der Waals surface area contributed by atoms with E-state index < -0.39 is 0 Å². The van der Waals surface area contributed by atoms with Gasteiger partial charge >= 0.3 is 0 Å². The molecule has 0 unspecified atom stereocenters. The van der Waals surface area contributed by atoms with Gasteiger partial charge in [-0.15, -0.1) is 5.10 Å². The highest BCUT2D eigenvalue weighted by Crippen LogP contribution is 1.90. The van der Waals surface area contributed by atoms with Gasteiger partial charge < -0.3 is 11.1 Å². The molecule has 0 fully saturated rings. The average Bonchev–Trinajstić information content (AvgIpc) is 2.67. The molecule has 0 bridgehead atoms. The lowest BCUT2D eigenvalue weighted by atomic mass is 10.2. The summed E-state index contributed by atoms with van der Waals surface area (Å²) in [6.07, 6.45) is 3.46. The van der Waals surface area contributed by atoms with E-state index in [1.807, 2.05) is 6.20 Å². The van der Waals surface area contributed by atoms with E-state index in [1.54, 1.807) is 10.9 Å². The van der Waals surface area contributed by atoms with Crippen LogP contribution in [0.5, 0.6) is 0 Å². The Bertz CT molecular complexity index is 290. The summed E-state index contributed by atoms with van der Waals surface area (Å²) >= 11 is 0. The molecule has 15 heavy (non-hydrogen) atoms. The normalized spacial score (nSPS) is 12.1. The zero-order valence-corrected chi connectivity index (χ0v) is 9.22. The van der Waals surface area contributed by atoms with Crippen LogP contribution in [0.2, 0.25) is 0 Å². The maximum Gasteiger partial charge on any atom is 0.188 e. The van der Waals surface area contributed by atoms with Gasteiger partial charge in [0.05, 0.1) is 12.7 Å². The molecular weight excluding hydrogens is 192 g/mol. The highest BCUT2D eigenvalue weighted by atomic mass is 15.4. The SMILES string of the molecule is CC(C)CN=C(N)NCCn1ccnn1. The summed E-state index contributed by atoms with van der Waals surface area (Å²) < 4.78 is 1.74. The summed E-state index contributed by atoms with van der Waals surface area (Å²) in [6.45, 7) is 6.40. The van der Waals surface area contributed by atoms with E-state index in [9.17, 15) is 0 Å². The van der Waals surface area contributed by atoms with E-state index in [0.717, 1.165) is 13.1 Å². The summed E-state index contributed by atoms with van der Waals surface area (Å²) in [5.74, 6) is 1.02. The first-order chi connectivity index (χ1) is 7.18. The van der Waals surface area contributed by atoms with Crippen molar-refractivity contribution in [3.8, 4) is 0 Å². The third kappa shape index (κ3) is 4.99. The van der Waals surface area contributed by atoms with Crippen molar-refractivity contribution >= 4 is 5.96 Å². The summed E-state index contributed by atoms with van der Waals surface area (Å²) in [7, 11) is 0. The fourth-order valence-electron chi connectivity index (χ4n) is 0.987. The second-order valence-corrected chi connectivity index (χ2v) is 3.71. The summed E-state index contributed by atoms with van der Waals surface area (Å²) in [5, 5.41) is 10.6. The third-order valence-corrected chi connectivity index (χ3v) is 1.75. The first-order valence-electron chi connectivity index (χ1n) is 5.06. The van der Waals surface area contributed by atoms with Crippen LogP contribution in [-0.2, 0) is 6.54 Å². The quantitative estimate of drug-likeness (QED) is 0.522. The smallest absolute Gasteiger partial charge is 0.188 e. The van der Waals surface area contributed by atoms with Crippen LogP contribution in [0.15, 0.2) is 17.4 Å². The van der Waals surface area contributed by atoms with Crippen molar-refractivity contribution < 1.29 is 0 Å².